The molecule has 0 saturated carbocycles. The summed E-state index contributed by atoms with van der Waals surface area (Å²) >= 11 is 0. The van der Waals surface area contributed by atoms with Gasteiger partial charge in [-0.15, -0.1) is 24.0 Å². The normalized spacial score (nSPS) is 14.5. The van der Waals surface area contributed by atoms with Crippen molar-refractivity contribution in [3.63, 3.8) is 0 Å². The van der Waals surface area contributed by atoms with Crippen LogP contribution >= 0.6 is 24.0 Å². The van der Waals surface area contributed by atoms with E-state index in [-0.39, 0.29) is 24.0 Å². The fourth-order valence-corrected chi connectivity index (χ4v) is 3.73. The van der Waals surface area contributed by atoms with Gasteiger partial charge in [-0.25, -0.2) is 8.78 Å². The molecule has 0 radical (unpaired) electrons. The molecule has 1 heterocycles. The van der Waals surface area contributed by atoms with Crippen LogP contribution < -0.4 is 25.0 Å². The zero-order valence-corrected chi connectivity index (χ0v) is 21.0. The maximum atomic E-state index is 13.3. The number of methoxy groups -OCH3 is 2. The number of anilines is 1. The number of ether oxygens (including phenoxy) is 2. The van der Waals surface area contributed by atoms with E-state index < -0.39 is 11.6 Å². The van der Waals surface area contributed by atoms with Crippen molar-refractivity contribution in [3.05, 3.63) is 53.6 Å². The predicted octanol–water partition coefficient (Wildman–Crippen LogP) is 3.98. The van der Waals surface area contributed by atoms with Gasteiger partial charge in [-0.2, -0.15) is 0 Å². The van der Waals surface area contributed by atoms with Crippen LogP contribution in [0.4, 0.5) is 14.5 Å². The van der Waals surface area contributed by atoms with Crippen LogP contribution in [0.25, 0.3) is 0 Å². The number of hydrogen-bond donors (Lipinski definition) is 2. The molecular formula is C23H31F2IN4O2. The molecule has 3 rings (SSSR count). The number of halogens is 3. The largest absolute Gasteiger partial charge is 0.497 e. The number of piperidine rings is 1. The monoisotopic (exact) mass is 560 g/mol. The van der Waals surface area contributed by atoms with Crippen LogP contribution in [-0.2, 0) is 6.42 Å². The van der Waals surface area contributed by atoms with Crippen molar-refractivity contribution >= 4 is 35.6 Å². The third-order valence-corrected chi connectivity index (χ3v) is 5.39. The summed E-state index contributed by atoms with van der Waals surface area (Å²) in [5.74, 6) is 1.13. The smallest absolute Gasteiger partial charge is 0.191 e. The first-order valence-corrected chi connectivity index (χ1v) is 10.4. The standard InChI is InChI=1S/C23H30F2N4O2.HI/c1-26-23(27-7-4-16-10-17(24)12-18(25)11-16)28-19-5-8-29(9-6-19)20-13-21(30-2)15-22(14-20)31-3;/h10-15,19H,4-9H2,1-3H3,(H2,26,27,28);1H. The second-order valence-electron chi connectivity index (χ2n) is 7.50. The van der Waals surface area contributed by atoms with E-state index in [0.29, 0.717) is 30.5 Å². The number of hydrogen-bond acceptors (Lipinski definition) is 4. The highest BCUT2D eigenvalue weighted by Gasteiger charge is 2.21. The van der Waals surface area contributed by atoms with Crippen molar-refractivity contribution in [1.29, 1.82) is 0 Å². The van der Waals surface area contributed by atoms with E-state index in [9.17, 15) is 8.78 Å². The summed E-state index contributed by atoms with van der Waals surface area (Å²) in [4.78, 5) is 6.59. The molecule has 2 N–H and O–H groups in total. The van der Waals surface area contributed by atoms with E-state index in [0.717, 1.165) is 49.2 Å². The minimum absolute atomic E-state index is 0. The van der Waals surface area contributed by atoms with Crippen molar-refractivity contribution in [2.24, 2.45) is 4.99 Å². The highest BCUT2D eigenvalue weighted by atomic mass is 127. The number of nitrogens with zero attached hydrogens (tertiary/aromatic N) is 2. The Bertz CT molecular complexity index is 863. The van der Waals surface area contributed by atoms with E-state index in [1.165, 1.54) is 12.1 Å². The van der Waals surface area contributed by atoms with Crippen LogP contribution in [0.15, 0.2) is 41.4 Å². The minimum atomic E-state index is -0.557. The summed E-state index contributed by atoms with van der Waals surface area (Å²) < 4.78 is 37.4. The highest BCUT2D eigenvalue weighted by Crippen LogP contribution is 2.30. The SMILES string of the molecule is CN=C(NCCc1cc(F)cc(F)c1)NC1CCN(c2cc(OC)cc(OC)c2)CC1.I. The van der Waals surface area contributed by atoms with Crippen LogP contribution in [0.2, 0.25) is 0 Å². The number of nitrogens with one attached hydrogen (secondary N) is 2. The van der Waals surface area contributed by atoms with Crippen LogP contribution in [-0.4, -0.2) is 52.9 Å². The van der Waals surface area contributed by atoms with Gasteiger partial charge in [-0.05, 0) is 37.0 Å². The maximum Gasteiger partial charge on any atom is 0.191 e. The Labute approximate surface area is 205 Å². The van der Waals surface area contributed by atoms with Crippen molar-refractivity contribution in [1.82, 2.24) is 10.6 Å². The lowest BCUT2D eigenvalue weighted by Gasteiger charge is -2.34. The molecule has 0 amide bonds. The Hall–Kier alpha value is -2.30. The zero-order valence-electron chi connectivity index (χ0n) is 18.7. The number of guanidine groups is 1. The molecule has 0 unspecified atom stereocenters. The lowest BCUT2D eigenvalue weighted by Crippen LogP contribution is -2.49. The van der Waals surface area contributed by atoms with Crippen molar-refractivity contribution < 1.29 is 18.3 Å². The van der Waals surface area contributed by atoms with Crippen molar-refractivity contribution in [2.75, 3.05) is 45.8 Å². The number of rotatable bonds is 7. The average Bonchev–Trinajstić information content (AvgIpc) is 2.77. The van der Waals surface area contributed by atoms with Crippen LogP contribution in [0, 0.1) is 11.6 Å². The molecule has 1 fully saturated rings. The Morgan fingerprint density at radius 3 is 2.12 bits per heavy atom. The molecule has 0 spiro atoms. The van der Waals surface area contributed by atoms with Crippen molar-refractivity contribution in [2.45, 2.75) is 25.3 Å². The molecule has 0 aromatic heterocycles. The molecule has 2 aromatic rings. The first-order chi connectivity index (χ1) is 15.0. The molecule has 176 valence electrons. The van der Waals surface area contributed by atoms with Gasteiger partial charge in [0.2, 0.25) is 0 Å². The van der Waals surface area contributed by atoms with Crippen LogP contribution in [0.3, 0.4) is 0 Å². The molecule has 32 heavy (non-hydrogen) atoms. The van der Waals surface area contributed by atoms with E-state index >= 15 is 0 Å². The minimum Gasteiger partial charge on any atom is -0.497 e. The number of aliphatic imine (C=N–C) groups is 1. The summed E-state index contributed by atoms with van der Waals surface area (Å²) in [5, 5.41) is 6.67. The molecule has 0 bridgehead atoms. The van der Waals surface area contributed by atoms with Gasteiger partial charge in [0, 0.05) is 62.7 Å². The summed E-state index contributed by atoms with van der Waals surface area (Å²) in [6.07, 6.45) is 2.41. The van der Waals surface area contributed by atoms with Crippen molar-refractivity contribution in [3.8, 4) is 11.5 Å². The van der Waals surface area contributed by atoms with Gasteiger partial charge >= 0.3 is 0 Å². The van der Waals surface area contributed by atoms with Gasteiger partial charge in [0.1, 0.15) is 23.1 Å². The third-order valence-electron chi connectivity index (χ3n) is 5.39. The van der Waals surface area contributed by atoms with E-state index in [4.69, 9.17) is 9.47 Å². The highest BCUT2D eigenvalue weighted by molar-refractivity contribution is 14.0. The molecule has 9 heteroatoms. The van der Waals surface area contributed by atoms with Gasteiger partial charge in [0.25, 0.3) is 0 Å². The van der Waals surface area contributed by atoms with E-state index in [1.54, 1.807) is 21.3 Å². The van der Waals surface area contributed by atoms with Gasteiger partial charge < -0.3 is 25.0 Å². The fraction of sp³-hybridized carbons (Fsp3) is 0.435. The quantitative estimate of drug-likeness (QED) is 0.305. The Kier molecular flexibility index (Phi) is 10.3. The van der Waals surface area contributed by atoms with E-state index in [1.807, 2.05) is 18.2 Å². The van der Waals surface area contributed by atoms with Gasteiger partial charge in [0.15, 0.2) is 5.96 Å². The molecule has 6 nitrogen and oxygen atoms in total. The molecule has 0 atom stereocenters. The van der Waals surface area contributed by atoms with Gasteiger partial charge in [-0.1, -0.05) is 0 Å². The molecule has 2 aromatic carbocycles. The lowest BCUT2D eigenvalue weighted by molar-refractivity contribution is 0.393. The summed E-state index contributed by atoms with van der Waals surface area (Å²) in [6.45, 7) is 2.33. The molecule has 0 aliphatic carbocycles. The Balaban J connectivity index is 0.00000363. The molecule has 1 aliphatic rings. The summed E-state index contributed by atoms with van der Waals surface area (Å²) in [6, 6.07) is 9.78. The fourth-order valence-electron chi connectivity index (χ4n) is 3.73. The molecule has 1 saturated heterocycles. The topological polar surface area (TPSA) is 58.1 Å². The van der Waals surface area contributed by atoms with Gasteiger partial charge in [0.05, 0.1) is 14.2 Å². The first-order valence-electron chi connectivity index (χ1n) is 10.4. The number of benzene rings is 2. The lowest BCUT2D eigenvalue weighted by atomic mass is 10.0. The average molecular weight is 560 g/mol. The molecular weight excluding hydrogens is 529 g/mol. The summed E-state index contributed by atoms with van der Waals surface area (Å²) in [5.41, 5.74) is 1.70. The molecule has 1 aliphatic heterocycles. The van der Waals surface area contributed by atoms with Crippen LogP contribution in [0.1, 0.15) is 18.4 Å². The first kappa shape index (κ1) is 26.0. The van der Waals surface area contributed by atoms with E-state index in [2.05, 4.69) is 20.5 Å². The Morgan fingerprint density at radius 1 is 1.00 bits per heavy atom. The predicted molar refractivity (Wildman–Crippen MR) is 135 cm³/mol. The summed E-state index contributed by atoms with van der Waals surface area (Å²) in [7, 11) is 5.02. The Morgan fingerprint density at radius 2 is 1.59 bits per heavy atom. The zero-order chi connectivity index (χ0) is 22.2. The second-order valence-corrected chi connectivity index (χ2v) is 7.50. The van der Waals surface area contributed by atoms with Gasteiger partial charge in [-0.3, -0.25) is 4.99 Å². The second kappa shape index (κ2) is 12.7. The third kappa shape index (κ3) is 7.39. The van der Waals surface area contributed by atoms with Crippen LogP contribution in [0.5, 0.6) is 11.5 Å². The maximum absolute atomic E-state index is 13.3.